The first-order valence-electron chi connectivity index (χ1n) is 10.2. The topological polar surface area (TPSA) is 66.8 Å². The molecule has 5 nitrogen and oxygen atoms in total. The van der Waals surface area contributed by atoms with Crippen LogP contribution in [0.5, 0.6) is 0 Å². The van der Waals surface area contributed by atoms with Crippen molar-refractivity contribution in [2.75, 3.05) is 13.7 Å². The number of likely N-dealkylation sites (tertiary alicyclic amines) is 1. The van der Waals surface area contributed by atoms with Crippen LogP contribution in [0.3, 0.4) is 0 Å². The Labute approximate surface area is 159 Å². The average molecular weight is 370 g/mol. The van der Waals surface area contributed by atoms with Crippen LogP contribution in [-0.4, -0.2) is 46.7 Å². The molecule has 1 N–H and O–H groups in total. The molecule has 1 heterocycles. The summed E-state index contributed by atoms with van der Waals surface area (Å²) in [6.07, 6.45) is 8.54. The average Bonchev–Trinajstić information content (AvgIpc) is 2.52. The van der Waals surface area contributed by atoms with Gasteiger partial charge in [-0.3, -0.25) is 14.5 Å². The zero-order chi connectivity index (χ0) is 19.8. The molecule has 0 aromatic carbocycles. The molecule has 1 fully saturated rings. The van der Waals surface area contributed by atoms with E-state index < -0.39 is 5.97 Å². The van der Waals surface area contributed by atoms with Crippen LogP contribution in [0.4, 0.5) is 0 Å². The fourth-order valence-electron chi connectivity index (χ4n) is 4.23. The summed E-state index contributed by atoms with van der Waals surface area (Å²) in [5, 5.41) is 8.58. The van der Waals surface area contributed by atoms with Gasteiger partial charge in [0.25, 0.3) is 0 Å². The Bertz CT molecular complexity index is 441. The number of esters is 1. The fourth-order valence-corrected chi connectivity index (χ4v) is 4.23. The molecular formula is C21H39NO4. The SMILES string of the molecule is CN1C(C)(C)CC(COC(=O)CCCCCCCCC(=O)O)CC1(C)C. The maximum atomic E-state index is 12.0. The van der Waals surface area contributed by atoms with E-state index in [1.807, 2.05) is 0 Å². The van der Waals surface area contributed by atoms with Crippen LogP contribution in [0.15, 0.2) is 0 Å². The zero-order valence-corrected chi connectivity index (χ0v) is 17.5. The molecule has 0 bridgehead atoms. The van der Waals surface area contributed by atoms with Gasteiger partial charge in [-0.1, -0.05) is 25.7 Å². The van der Waals surface area contributed by atoms with E-state index >= 15 is 0 Å². The van der Waals surface area contributed by atoms with Crippen molar-refractivity contribution < 1.29 is 19.4 Å². The number of carboxylic acids is 1. The van der Waals surface area contributed by atoms with Crippen molar-refractivity contribution in [2.45, 2.75) is 103 Å². The molecule has 26 heavy (non-hydrogen) atoms. The van der Waals surface area contributed by atoms with Gasteiger partial charge >= 0.3 is 11.9 Å². The lowest BCUT2D eigenvalue weighted by Crippen LogP contribution is -2.59. The van der Waals surface area contributed by atoms with Gasteiger partial charge < -0.3 is 9.84 Å². The van der Waals surface area contributed by atoms with Gasteiger partial charge in [0, 0.05) is 23.9 Å². The van der Waals surface area contributed by atoms with Gasteiger partial charge in [-0.05, 0) is 66.3 Å². The van der Waals surface area contributed by atoms with E-state index in [9.17, 15) is 9.59 Å². The summed E-state index contributed by atoms with van der Waals surface area (Å²) < 4.78 is 5.55. The smallest absolute Gasteiger partial charge is 0.305 e. The number of nitrogens with zero attached hydrogens (tertiary/aromatic N) is 1. The summed E-state index contributed by atoms with van der Waals surface area (Å²) in [7, 11) is 2.18. The van der Waals surface area contributed by atoms with Crippen LogP contribution in [0.2, 0.25) is 0 Å². The fraction of sp³-hybridized carbons (Fsp3) is 0.905. The number of rotatable bonds is 11. The number of carbonyl (C=O) groups is 2. The second-order valence-electron chi connectivity index (χ2n) is 9.16. The first kappa shape index (κ1) is 22.9. The molecule has 0 amide bonds. The lowest BCUT2D eigenvalue weighted by Gasteiger charge is -2.53. The first-order valence-corrected chi connectivity index (χ1v) is 10.2. The largest absolute Gasteiger partial charge is 0.481 e. The van der Waals surface area contributed by atoms with Gasteiger partial charge in [-0.15, -0.1) is 0 Å². The summed E-state index contributed by atoms with van der Waals surface area (Å²) in [6, 6.07) is 0. The highest BCUT2D eigenvalue weighted by molar-refractivity contribution is 5.69. The van der Waals surface area contributed by atoms with Crippen molar-refractivity contribution in [3.8, 4) is 0 Å². The quantitative estimate of drug-likeness (QED) is 0.425. The number of carboxylic acid groups (broad SMARTS) is 1. The Morgan fingerprint density at radius 1 is 0.923 bits per heavy atom. The zero-order valence-electron chi connectivity index (χ0n) is 17.5. The number of hydrogen-bond acceptors (Lipinski definition) is 4. The molecule has 0 atom stereocenters. The third-order valence-electron chi connectivity index (χ3n) is 5.89. The van der Waals surface area contributed by atoms with Crippen LogP contribution in [0.1, 0.15) is 91.9 Å². The molecule has 0 unspecified atom stereocenters. The van der Waals surface area contributed by atoms with Crippen LogP contribution in [-0.2, 0) is 14.3 Å². The van der Waals surface area contributed by atoms with E-state index in [-0.39, 0.29) is 23.5 Å². The Hall–Kier alpha value is -1.10. The van der Waals surface area contributed by atoms with Crippen molar-refractivity contribution in [1.29, 1.82) is 0 Å². The molecule has 5 heteroatoms. The Morgan fingerprint density at radius 2 is 1.38 bits per heavy atom. The van der Waals surface area contributed by atoms with Crippen molar-refractivity contribution in [1.82, 2.24) is 4.90 Å². The van der Waals surface area contributed by atoms with Crippen molar-refractivity contribution >= 4 is 11.9 Å². The molecule has 1 aliphatic rings. The number of unbranched alkanes of at least 4 members (excludes halogenated alkanes) is 5. The maximum absolute atomic E-state index is 12.0. The van der Waals surface area contributed by atoms with Gasteiger partial charge in [0.2, 0.25) is 0 Å². The third kappa shape index (κ3) is 8.07. The molecule has 152 valence electrons. The van der Waals surface area contributed by atoms with Gasteiger partial charge in [-0.2, -0.15) is 0 Å². The first-order chi connectivity index (χ1) is 12.0. The molecular weight excluding hydrogens is 330 g/mol. The summed E-state index contributed by atoms with van der Waals surface area (Å²) in [5.74, 6) is -0.371. The third-order valence-corrected chi connectivity index (χ3v) is 5.89. The summed E-state index contributed by atoms with van der Waals surface area (Å²) in [5.41, 5.74) is 0.249. The van der Waals surface area contributed by atoms with Gasteiger partial charge in [-0.25, -0.2) is 0 Å². The van der Waals surface area contributed by atoms with Gasteiger partial charge in [0.1, 0.15) is 0 Å². The molecule has 0 radical (unpaired) electrons. The van der Waals surface area contributed by atoms with Crippen molar-refractivity contribution in [3.63, 3.8) is 0 Å². The number of hydrogen-bond donors (Lipinski definition) is 1. The van der Waals surface area contributed by atoms with E-state index in [0.29, 0.717) is 18.9 Å². The highest BCUT2D eigenvalue weighted by atomic mass is 16.5. The molecule has 0 aromatic heterocycles. The molecule has 1 saturated heterocycles. The van der Waals surface area contributed by atoms with E-state index in [1.165, 1.54) is 0 Å². The minimum Gasteiger partial charge on any atom is -0.481 e. The van der Waals surface area contributed by atoms with Gasteiger partial charge in [0.15, 0.2) is 0 Å². The molecule has 1 aliphatic heterocycles. The minimum absolute atomic E-state index is 0.0783. The van der Waals surface area contributed by atoms with Gasteiger partial charge in [0.05, 0.1) is 6.61 Å². The molecule has 0 spiro atoms. The van der Waals surface area contributed by atoms with E-state index in [0.717, 1.165) is 51.4 Å². The second kappa shape index (κ2) is 10.3. The molecule has 1 rings (SSSR count). The molecule has 0 aromatic rings. The number of carbonyl (C=O) groups excluding carboxylic acids is 1. The Morgan fingerprint density at radius 3 is 1.88 bits per heavy atom. The Balaban J connectivity index is 2.14. The standard InChI is InChI=1S/C21H39NO4/c1-20(2)14-17(15-21(3,4)22(20)5)16-26-19(25)13-11-9-7-6-8-10-12-18(23)24/h17H,6-16H2,1-5H3,(H,23,24). The van der Waals surface area contributed by atoms with Crippen LogP contribution in [0, 0.1) is 5.92 Å². The predicted octanol–water partition coefficient (Wildman–Crippen LogP) is 4.63. The van der Waals surface area contributed by atoms with E-state index in [4.69, 9.17) is 9.84 Å². The lowest BCUT2D eigenvalue weighted by molar-refractivity contribution is -0.147. The van der Waals surface area contributed by atoms with Crippen molar-refractivity contribution in [2.24, 2.45) is 5.92 Å². The lowest BCUT2D eigenvalue weighted by atomic mass is 9.74. The maximum Gasteiger partial charge on any atom is 0.305 e. The Kier molecular flexibility index (Phi) is 9.08. The number of aliphatic carboxylic acids is 1. The minimum atomic E-state index is -0.718. The summed E-state index contributed by atoms with van der Waals surface area (Å²) in [4.78, 5) is 24.8. The van der Waals surface area contributed by atoms with Crippen LogP contribution < -0.4 is 0 Å². The number of piperidine rings is 1. The summed E-state index contributed by atoms with van der Waals surface area (Å²) in [6.45, 7) is 9.59. The highest BCUT2D eigenvalue weighted by Gasteiger charge is 2.43. The molecule has 0 saturated carbocycles. The van der Waals surface area contributed by atoms with Crippen LogP contribution >= 0.6 is 0 Å². The van der Waals surface area contributed by atoms with E-state index in [2.05, 4.69) is 39.6 Å². The second-order valence-corrected chi connectivity index (χ2v) is 9.16. The van der Waals surface area contributed by atoms with Crippen LogP contribution in [0.25, 0.3) is 0 Å². The normalized spacial score (nSPS) is 20.0. The predicted molar refractivity (Wildman–Crippen MR) is 104 cm³/mol. The monoisotopic (exact) mass is 369 g/mol. The number of ether oxygens (including phenoxy) is 1. The molecule has 0 aliphatic carbocycles. The van der Waals surface area contributed by atoms with E-state index in [1.54, 1.807) is 0 Å². The summed E-state index contributed by atoms with van der Waals surface area (Å²) >= 11 is 0. The van der Waals surface area contributed by atoms with Crippen molar-refractivity contribution in [3.05, 3.63) is 0 Å². The highest BCUT2D eigenvalue weighted by Crippen LogP contribution is 2.40.